The summed E-state index contributed by atoms with van der Waals surface area (Å²) in [5.74, 6) is -0.203. The Morgan fingerprint density at radius 1 is 1.00 bits per heavy atom. The van der Waals surface area contributed by atoms with E-state index in [1.165, 1.54) is 17.7 Å². The molecule has 2 nitrogen and oxygen atoms in total. The lowest BCUT2D eigenvalue weighted by Gasteiger charge is -2.22. The molecule has 0 heterocycles. The summed E-state index contributed by atoms with van der Waals surface area (Å²) < 4.78 is 14.0. The summed E-state index contributed by atoms with van der Waals surface area (Å²) in [7, 11) is 0. The minimum atomic E-state index is -0.203. The zero-order valence-electron chi connectivity index (χ0n) is 11.2. The van der Waals surface area contributed by atoms with Gasteiger partial charge in [0.2, 0.25) is 0 Å². The SMILES string of the molecule is NCCN(Cc1ccc(F)cc1)Cc1cccc(Br)c1. The fraction of sp³-hybridized carbons (Fsp3) is 0.250. The number of hydrogen-bond donors (Lipinski definition) is 1. The molecule has 0 saturated heterocycles. The molecule has 0 amide bonds. The fourth-order valence-corrected chi connectivity index (χ4v) is 2.58. The van der Waals surface area contributed by atoms with Gasteiger partial charge in [0.1, 0.15) is 5.82 Å². The van der Waals surface area contributed by atoms with E-state index in [1.54, 1.807) is 0 Å². The van der Waals surface area contributed by atoms with Crippen LogP contribution >= 0.6 is 15.9 Å². The Bertz CT molecular complexity index is 542. The second-order valence-electron chi connectivity index (χ2n) is 4.76. The highest BCUT2D eigenvalue weighted by atomic mass is 79.9. The van der Waals surface area contributed by atoms with Crippen LogP contribution in [-0.2, 0) is 13.1 Å². The van der Waals surface area contributed by atoms with Crippen molar-refractivity contribution in [3.8, 4) is 0 Å². The van der Waals surface area contributed by atoms with Crippen molar-refractivity contribution in [1.29, 1.82) is 0 Å². The summed E-state index contributed by atoms with van der Waals surface area (Å²) in [5, 5.41) is 0. The molecule has 0 bridgehead atoms. The Morgan fingerprint density at radius 2 is 1.70 bits per heavy atom. The summed E-state index contributed by atoms with van der Waals surface area (Å²) in [6.45, 7) is 3.01. The van der Waals surface area contributed by atoms with Gasteiger partial charge in [-0.05, 0) is 35.4 Å². The van der Waals surface area contributed by atoms with Crippen molar-refractivity contribution in [2.45, 2.75) is 13.1 Å². The second kappa shape index (κ2) is 7.53. The fourth-order valence-electron chi connectivity index (χ4n) is 2.14. The van der Waals surface area contributed by atoms with E-state index in [9.17, 15) is 4.39 Å². The highest BCUT2D eigenvalue weighted by Crippen LogP contribution is 2.15. The predicted octanol–water partition coefficient (Wildman–Crippen LogP) is 3.55. The van der Waals surface area contributed by atoms with Crippen LogP contribution in [0.1, 0.15) is 11.1 Å². The Balaban J connectivity index is 2.05. The van der Waals surface area contributed by atoms with Crippen LogP contribution in [0.25, 0.3) is 0 Å². The van der Waals surface area contributed by atoms with Crippen LogP contribution < -0.4 is 5.73 Å². The molecule has 0 saturated carbocycles. The maximum absolute atomic E-state index is 12.9. The van der Waals surface area contributed by atoms with Crippen molar-refractivity contribution in [3.63, 3.8) is 0 Å². The average Bonchev–Trinajstić information content (AvgIpc) is 2.42. The van der Waals surface area contributed by atoms with E-state index in [1.807, 2.05) is 24.3 Å². The van der Waals surface area contributed by atoms with E-state index in [0.717, 1.165) is 29.7 Å². The predicted molar refractivity (Wildman–Crippen MR) is 83.7 cm³/mol. The van der Waals surface area contributed by atoms with Crippen molar-refractivity contribution >= 4 is 15.9 Å². The summed E-state index contributed by atoms with van der Waals surface area (Å²) in [5.41, 5.74) is 8.00. The molecule has 0 aliphatic carbocycles. The van der Waals surface area contributed by atoms with Crippen LogP contribution in [0.3, 0.4) is 0 Å². The van der Waals surface area contributed by atoms with Gasteiger partial charge in [-0.1, -0.05) is 40.2 Å². The van der Waals surface area contributed by atoms with Crippen molar-refractivity contribution in [1.82, 2.24) is 4.90 Å². The van der Waals surface area contributed by atoms with Gasteiger partial charge in [-0.3, -0.25) is 4.90 Å². The maximum atomic E-state index is 12.9. The van der Waals surface area contributed by atoms with E-state index in [0.29, 0.717) is 6.54 Å². The lowest BCUT2D eigenvalue weighted by molar-refractivity contribution is 0.264. The van der Waals surface area contributed by atoms with E-state index in [-0.39, 0.29) is 5.82 Å². The van der Waals surface area contributed by atoms with Crippen LogP contribution in [0.15, 0.2) is 53.0 Å². The van der Waals surface area contributed by atoms with Crippen molar-refractivity contribution in [3.05, 3.63) is 69.9 Å². The van der Waals surface area contributed by atoms with Gasteiger partial charge in [0.05, 0.1) is 0 Å². The minimum Gasteiger partial charge on any atom is -0.329 e. The van der Waals surface area contributed by atoms with Crippen LogP contribution in [0.4, 0.5) is 4.39 Å². The van der Waals surface area contributed by atoms with E-state index in [2.05, 4.69) is 33.0 Å². The van der Waals surface area contributed by atoms with Gasteiger partial charge in [-0.15, -0.1) is 0 Å². The largest absolute Gasteiger partial charge is 0.329 e. The Hall–Kier alpha value is -1.23. The van der Waals surface area contributed by atoms with E-state index < -0.39 is 0 Å². The lowest BCUT2D eigenvalue weighted by Crippen LogP contribution is -2.28. The molecule has 0 fully saturated rings. The third kappa shape index (κ3) is 4.71. The summed E-state index contributed by atoms with van der Waals surface area (Å²) >= 11 is 3.48. The summed E-state index contributed by atoms with van der Waals surface area (Å²) in [6, 6.07) is 14.9. The smallest absolute Gasteiger partial charge is 0.123 e. The molecule has 2 aromatic carbocycles. The van der Waals surface area contributed by atoms with Crippen molar-refractivity contribution in [2.75, 3.05) is 13.1 Å². The van der Waals surface area contributed by atoms with Gasteiger partial charge < -0.3 is 5.73 Å². The number of halogens is 2. The van der Waals surface area contributed by atoms with Crippen LogP contribution in [0.5, 0.6) is 0 Å². The molecule has 2 aromatic rings. The van der Waals surface area contributed by atoms with Crippen LogP contribution in [0.2, 0.25) is 0 Å². The van der Waals surface area contributed by atoms with Gasteiger partial charge in [-0.25, -0.2) is 4.39 Å². The Morgan fingerprint density at radius 3 is 2.35 bits per heavy atom. The third-order valence-corrected chi connectivity index (χ3v) is 3.55. The molecule has 0 spiro atoms. The third-order valence-electron chi connectivity index (χ3n) is 3.06. The monoisotopic (exact) mass is 336 g/mol. The van der Waals surface area contributed by atoms with Gasteiger partial charge in [0.15, 0.2) is 0 Å². The van der Waals surface area contributed by atoms with E-state index >= 15 is 0 Å². The molecule has 106 valence electrons. The number of benzene rings is 2. The molecule has 0 unspecified atom stereocenters. The first-order chi connectivity index (χ1) is 9.67. The number of hydrogen-bond acceptors (Lipinski definition) is 2. The van der Waals surface area contributed by atoms with Crippen molar-refractivity contribution < 1.29 is 4.39 Å². The number of nitrogens with zero attached hydrogens (tertiary/aromatic N) is 1. The highest BCUT2D eigenvalue weighted by molar-refractivity contribution is 9.10. The zero-order chi connectivity index (χ0) is 14.4. The standard InChI is InChI=1S/C16H18BrFN2/c17-15-3-1-2-14(10-15)12-20(9-8-19)11-13-4-6-16(18)7-5-13/h1-7,10H,8-9,11-12,19H2. The summed E-state index contributed by atoms with van der Waals surface area (Å²) in [6.07, 6.45) is 0. The lowest BCUT2D eigenvalue weighted by atomic mass is 10.1. The zero-order valence-corrected chi connectivity index (χ0v) is 12.8. The minimum absolute atomic E-state index is 0.203. The normalized spacial score (nSPS) is 11.0. The Labute approximate surface area is 127 Å². The first kappa shape index (κ1) is 15.2. The van der Waals surface area contributed by atoms with Gasteiger partial charge >= 0.3 is 0 Å². The van der Waals surface area contributed by atoms with Crippen molar-refractivity contribution in [2.24, 2.45) is 5.73 Å². The molecular weight excluding hydrogens is 319 g/mol. The first-order valence-electron chi connectivity index (χ1n) is 6.58. The topological polar surface area (TPSA) is 29.3 Å². The van der Waals surface area contributed by atoms with E-state index in [4.69, 9.17) is 5.73 Å². The first-order valence-corrected chi connectivity index (χ1v) is 7.38. The second-order valence-corrected chi connectivity index (χ2v) is 5.67. The molecule has 0 aromatic heterocycles. The number of rotatable bonds is 6. The summed E-state index contributed by atoms with van der Waals surface area (Å²) in [4.78, 5) is 2.26. The molecule has 20 heavy (non-hydrogen) atoms. The quantitative estimate of drug-likeness (QED) is 0.874. The Kier molecular flexibility index (Phi) is 5.71. The molecule has 4 heteroatoms. The molecule has 0 aliphatic heterocycles. The molecule has 2 N–H and O–H groups in total. The maximum Gasteiger partial charge on any atom is 0.123 e. The van der Waals surface area contributed by atoms with Gasteiger partial charge in [0, 0.05) is 30.7 Å². The highest BCUT2D eigenvalue weighted by Gasteiger charge is 2.07. The van der Waals surface area contributed by atoms with Crippen LogP contribution in [-0.4, -0.2) is 18.0 Å². The molecule has 0 aliphatic rings. The average molecular weight is 337 g/mol. The van der Waals surface area contributed by atoms with Gasteiger partial charge in [0.25, 0.3) is 0 Å². The van der Waals surface area contributed by atoms with Gasteiger partial charge in [-0.2, -0.15) is 0 Å². The van der Waals surface area contributed by atoms with Crippen LogP contribution in [0, 0.1) is 5.82 Å². The molecule has 2 rings (SSSR count). The molecular formula is C16H18BrFN2. The number of nitrogens with two attached hydrogens (primary N) is 1. The molecule has 0 radical (unpaired) electrons. The molecule has 0 atom stereocenters.